The maximum Gasteiger partial charge on any atom is 0.306 e. The zero-order valence-corrected chi connectivity index (χ0v) is 49.1. The van der Waals surface area contributed by atoms with Crippen molar-refractivity contribution in [3.8, 4) is 0 Å². The van der Waals surface area contributed by atoms with Crippen molar-refractivity contribution in [1.29, 1.82) is 0 Å². The molecule has 0 N–H and O–H groups in total. The molecule has 0 aliphatic heterocycles. The molecule has 0 aromatic rings. The minimum Gasteiger partial charge on any atom is -0.462 e. The first-order valence-corrected chi connectivity index (χ1v) is 31.9. The van der Waals surface area contributed by atoms with E-state index in [0.29, 0.717) is 19.3 Å². The van der Waals surface area contributed by atoms with Crippen LogP contribution in [0.5, 0.6) is 0 Å². The molecule has 0 aliphatic carbocycles. The number of hydrogen-bond acceptors (Lipinski definition) is 6. The molecule has 0 radical (unpaired) electrons. The van der Waals surface area contributed by atoms with Crippen LogP contribution in [-0.4, -0.2) is 37.2 Å². The SMILES string of the molecule is CC/C=C\C/C=C\C/C=C\CCCCCCCC(=O)OCC(COC(=O)CCCCCCCCCCCCCCC/C=C\C/C=C\CCCCCCC)OC(=O)CCCCCCC/C=C\CCCCCCCCC. The molecule has 0 aliphatic rings. The fourth-order valence-electron chi connectivity index (χ4n) is 9.13. The smallest absolute Gasteiger partial charge is 0.306 e. The molecule has 0 bridgehead atoms. The second-order valence-electron chi connectivity index (χ2n) is 21.3. The van der Waals surface area contributed by atoms with Crippen LogP contribution in [-0.2, 0) is 28.6 Å². The standard InChI is InChI=1S/C68H120O6/c1-4-7-10-13-16-19-22-25-28-30-31-32-33-34-35-36-37-38-41-43-46-49-52-55-58-61-67(70)73-64-65(63-72-66(69)60-57-54-51-48-45-42-39-27-24-21-18-15-12-9-6-3)74-68(71)62-59-56-53-50-47-44-40-29-26-23-20-17-14-11-8-5-2/h9,12,18,21-22,25,27,29-31,39-40,65H,4-8,10-11,13-17,19-20,23-24,26,28,32-38,41-64H2,1-3H3/b12-9-,21-18-,25-22-,31-30-,39-27-,40-29-. The highest BCUT2D eigenvalue weighted by atomic mass is 16.6. The van der Waals surface area contributed by atoms with Crippen LogP contribution in [0.1, 0.15) is 323 Å². The Hall–Kier alpha value is -3.15. The molecule has 0 aromatic heterocycles. The van der Waals surface area contributed by atoms with Crippen LogP contribution in [0, 0.1) is 0 Å². The van der Waals surface area contributed by atoms with Crippen LogP contribution in [0.25, 0.3) is 0 Å². The Morgan fingerprint density at radius 1 is 0.284 bits per heavy atom. The van der Waals surface area contributed by atoms with E-state index in [4.69, 9.17) is 14.2 Å². The van der Waals surface area contributed by atoms with Crippen molar-refractivity contribution in [2.45, 2.75) is 329 Å². The molecule has 1 atom stereocenters. The quantitative estimate of drug-likeness (QED) is 0.0261. The maximum absolute atomic E-state index is 12.9. The summed E-state index contributed by atoms with van der Waals surface area (Å²) in [6.07, 6.45) is 80.5. The second kappa shape index (κ2) is 62.4. The molecule has 0 amide bonds. The number of allylic oxidation sites excluding steroid dienone is 12. The van der Waals surface area contributed by atoms with Crippen LogP contribution in [0.2, 0.25) is 0 Å². The summed E-state index contributed by atoms with van der Waals surface area (Å²) in [5.74, 6) is -0.896. The van der Waals surface area contributed by atoms with Gasteiger partial charge in [0, 0.05) is 19.3 Å². The Morgan fingerprint density at radius 2 is 0.527 bits per heavy atom. The van der Waals surface area contributed by atoms with E-state index < -0.39 is 6.10 Å². The van der Waals surface area contributed by atoms with Crippen molar-refractivity contribution in [2.24, 2.45) is 0 Å². The molecule has 0 heterocycles. The van der Waals surface area contributed by atoms with Gasteiger partial charge in [0.25, 0.3) is 0 Å². The van der Waals surface area contributed by atoms with Crippen LogP contribution >= 0.6 is 0 Å². The number of unbranched alkanes of at least 4 members (excludes halogenated alkanes) is 35. The average Bonchev–Trinajstić information content (AvgIpc) is 3.40. The summed E-state index contributed by atoms with van der Waals surface area (Å²) in [6.45, 7) is 6.53. The molecular formula is C68H120O6. The van der Waals surface area contributed by atoms with Gasteiger partial charge >= 0.3 is 17.9 Å². The van der Waals surface area contributed by atoms with Crippen molar-refractivity contribution < 1.29 is 28.6 Å². The predicted molar refractivity (Wildman–Crippen MR) is 321 cm³/mol. The van der Waals surface area contributed by atoms with Crippen molar-refractivity contribution in [1.82, 2.24) is 0 Å². The van der Waals surface area contributed by atoms with Crippen molar-refractivity contribution in [3.05, 3.63) is 72.9 Å². The van der Waals surface area contributed by atoms with Crippen molar-refractivity contribution >= 4 is 17.9 Å². The van der Waals surface area contributed by atoms with Crippen LogP contribution < -0.4 is 0 Å². The van der Waals surface area contributed by atoms with E-state index in [2.05, 4.69) is 93.7 Å². The average molecular weight is 1030 g/mol. The van der Waals surface area contributed by atoms with E-state index in [1.165, 1.54) is 167 Å². The summed E-state index contributed by atoms with van der Waals surface area (Å²) in [5, 5.41) is 0. The fourth-order valence-corrected chi connectivity index (χ4v) is 9.13. The summed E-state index contributed by atoms with van der Waals surface area (Å²) in [4.78, 5) is 38.3. The van der Waals surface area contributed by atoms with E-state index >= 15 is 0 Å². The molecule has 0 saturated heterocycles. The molecule has 0 fully saturated rings. The molecule has 0 rings (SSSR count). The Balaban J connectivity index is 4.31. The van der Waals surface area contributed by atoms with E-state index in [1.807, 2.05) is 0 Å². The van der Waals surface area contributed by atoms with Gasteiger partial charge in [-0.1, -0.05) is 267 Å². The number of esters is 3. The van der Waals surface area contributed by atoms with Gasteiger partial charge in [0.1, 0.15) is 13.2 Å². The summed E-state index contributed by atoms with van der Waals surface area (Å²) in [6, 6.07) is 0. The number of rotatable bonds is 58. The summed E-state index contributed by atoms with van der Waals surface area (Å²) < 4.78 is 16.9. The normalized spacial score (nSPS) is 12.5. The minimum absolute atomic E-state index is 0.0832. The van der Waals surface area contributed by atoms with Gasteiger partial charge in [-0.15, -0.1) is 0 Å². The lowest BCUT2D eigenvalue weighted by atomic mass is 10.0. The van der Waals surface area contributed by atoms with Crippen molar-refractivity contribution in [3.63, 3.8) is 0 Å². The highest BCUT2D eigenvalue weighted by Gasteiger charge is 2.19. The molecule has 0 spiro atoms. The third-order valence-electron chi connectivity index (χ3n) is 13.9. The number of ether oxygens (including phenoxy) is 3. The van der Waals surface area contributed by atoms with Crippen LogP contribution in [0.4, 0.5) is 0 Å². The molecular weight excluding hydrogens is 913 g/mol. The summed E-state index contributed by atoms with van der Waals surface area (Å²) in [5.41, 5.74) is 0. The van der Waals surface area contributed by atoms with Crippen LogP contribution in [0.3, 0.4) is 0 Å². The minimum atomic E-state index is -0.788. The highest BCUT2D eigenvalue weighted by molar-refractivity contribution is 5.71. The Kier molecular flexibility index (Phi) is 59.7. The molecule has 1 unspecified atom stereocenters. The van der Waals surface area contributed by atoms with Gasteiger partial charge in [-0.3, -0.25) is 14.4 Å². The zero-order chi connectivity index (χ0) is 53.6. The lowest BCUT2D eigenvalue weighted by molar-refractivity contribution is -0.167. The Bertz CT molecular complexity index is 1370. The molecule has 6 heteroatoms. The van der Waals surface area contributed by atoms with E-state index in [-0.39, 0.29) is 31.1 Å². The fraction of sp³-hybridized carbons (Fsp3) is 0.779. The van der Waals surface area contributed by atoms with Gasteiger partial charge in [-0.25, -0.2) is 0 Å². The topological polar surface area (TPSA) is 78.9 Å². The predicted octanol–water partition coefficient (Wildman–Crippen LogP) is 21.7. The van der Waals surface area contributed by atoms with Gasteiger partial charge in [0.15, 0.2) is 6.10 Å². The summed E-state index contributed by atoms with van der Waals surface area (Å²) >= 11 is 0. The molecule has 0 aromatic carbocycles. The summed E-state index contributed by atoms with van der Waals surface area (Å²) in [7, 11) is 0. The molecule has 428 valence electrons. The number of hydrogen-bond donors (Lipinski definition) is 0. The van der Waals surface area contributed by atoms with Gasteiger partial charge in [0.05, 0.1) is 0 Å². The molecule has 6 nitrogen and oxygen atoms in total. The third kappa shape index (κ3) is 59.7. The van der Waals surface area contributed by atoms with E-state index in [1.54, 1.807) is 0 Å². The monoisotopic (exact) mass is 1030 g/mol. The largest absolute Gasteiger partial charge is 0.462 e. The second-order valence-corrected chi connectivity index (χ2v) is 21.3. The molecule has 0 saturated carbocycles. The third-order valence-corrected chi connectivity index (χ3v) is 13.9. The van der Waals surface area contributed by atoms with Crippen molar-refractivity contribution in [2.75, 3.05) is 13.2 Å². The Morgan fingerprint density at radius 3 is 0.838 bits per heavy atom. The van der Waals surface area contributed by atoms with Gasteiger partial charge in [-0.05, 0) is 109 Å². The zero-order valence-electron chi connectivity index (χ0n) is 49.1. The van der Waals surface area contributed by atoms with E-state index in [9.17, 15) is 14.4 Å². The van der Waals surface area contributed by atoms with E-state index in [0.717, 1.165) is 116 Å². The molecule has 74 heavy (non-hydrogen) atoms. The highest BCUT2D eigenvalue weighted by Crippen LogP contribution is 2.16. The van der Waals surface area contributed by atoms with Gasteiger partial charge in [0.2, 0.25) is 0 Å². The first-order valence-electron chi connectivity index (χ1n) is 31.9. The Labute approximate surface area is 459 Å². The lowest BCUT2D eigenvalue weighted by Crippen LogP contribution is -2.30. The van der Waals surface area contributed by atoms with Gasteiger partial charge < -0.3 is 14.2 Å². The number of carbonyl (C=O) groups excluding carboxylic acids is 3. The maximum atomic E-state index is 12.9. The number of carbonyl (C=O) groups is 3. The lowest BCUT2D eigenvalue weighted by Gasteiger charge is -2.18. The first kappa shape index (κ1) is 70.8. The van der Waals surface area contributed by atoms with Gasteiger partial charge in [-0.2, -0.15) is 0 Å². The first-order chi connectivity index (χ1) is 36.5. The van der Waals surface area contributed by atoms with Crippen LogP contribution in [0.15, 0.2) is 72.9 Å².